The molecule has 0 spiro atoms. The maximum atomic E-state index is 12.8. The quantitative estimate of drug-likeness (QED) is 0.885. The number of hydrogen-bond donors (Lipinski definition) is 1. The summed E-state index contributed by atoms with van der Waals surface area (Å²) in [5.41, 5.74) is 1.25. The first-order valence-electron chi connectivity index (χ1n) is 7.54. The molecule has 2 heterocycles. The number of aryl methyl sites for hydroxylation is 1. The molecule has 0 radical (unpaired) electrons. The van der Waals surface area contributed by atoms with E-state index in [1.807, 2.05) is 13.8 Å². The second-order valence-corrected chi connectivity index (χ2v) is 5.90. The summed E-state index contributed by atoms with van der Waals surface area (Å²) < 4.78 is 6.83. The number of carbonyl (C=O) groups excluding carboxylic acids is 1. The molecule has 122 valence electrons. The summed E-state index contributed by atoms with van der Waals surface area (Å²) in [5, 5.41) is 13.5. The van der Waals surface area contributed by atoms with Gasteiger partial charge in [-0.15, -0.1) is 0 Å². The number of rotatable bonds is 5. The molecule has 0 aliphatic carbocycles. The Kier molecular flexibility index (Phi) is 5.18. The predicted octanol–water partition coefficient (Wildman–Crippen LogP) is 1.25. The molecular formula is C15H23N3O4. The number of aromatic nitrogens is 2. The van der Waals surface area contributed by atoms with Crippen molar-refractivity contribution in [2.75, 3.05) is 19.8 Å². The Labute approximate surface area is 129 Å². The van der Waals surface area contributed by atoms with Crippen LogP contribution in [0.15, 0.2) is 6.07 Å². The molecule has 0 saturated carbocycles. The molecule has 22 heavy (non-hydrogen) atoms. The van der Waals surface area contributed by atoms with Crippen LogP contribution in [0.5, 0.6) is 0 Å². The van der Waals surface area contributed by atoms with Crippen molar-refractivity contribution in [3.05, 3.63) is 17.5 Å². The Balaban J connectivity index is 2.26. The van der Waals surface area contributed by atoms with E-state index in [-0.39, 0.29) is 24.4 Å². The standard InChI is InChI=1S/C15H23N3O4/c1-10(2)12-8-13(17(3)16-12)15(21)18(9-14(19)20)11-4-6-22-7-5-11/h8,10-11H,4-7,9H2,1-3H3,(H,19,20). The minimum Gasteiger partial charge on any atom is -0.480 e. The Hall–Kier alpha value is -1.89. The number of amides is 1. The summed E-state index contributed by atoms with van der Waals surface area (Å²) in [5.74, 6) is -1.08. The van der Waals surface area contributed by atoms with Gasteiger partial charge in [0, 0.05) is 26.3 Å². The molecule has 0 aromatic carbocycles. The lowest BCUT2D eigenvalue weighted by Gasteiger charge is -2.33. The van der Waals surface area contributed by atoms with Crippen LogP contribution >= 0.6 is 0 Å². The van der Waals surface area contributed by atoms with Crippen molar-refractivity contribution in [3.8, 4) is 0 Å². The lowest BCUT2D eigenvalue weighted by molar-refractivity contribution is -0.138. The average molecular weight is 309 g/mol. The van der Waals surface area contributed by atoms with Crippen LogP contribution in [0, 0.1) is 0 Å². The molecule has 1 N–H and O–H groups in total. The summed E-state index contributed by atoms with van der Waals surface area (Å²) >= 11 is 0. The van der Waals surface area contributed by atoms with Gasteiger partial charge in [-0.05, 0) is 24.8 Å². The van der Waals surface area contributed by atoms with Crippen LogP contribution < -0.4 is 0 Å². The number of hydrogen-bond acceptors (Lipinski definition) is 4. The van der Waals surface area contributed by atoms with E-state index in [9.17, 15) is 9.59 Å². The van der Waals surface area contributed by atoms with E-state index in [2.05, 4.69) is 5.10 Å². The van der Waals surface area contributed by atoms with Crippen LogP contribution in [-0.2, 0) is 16.6 Å². The fourth-order valence-corrected chi connectivity index (χ4v) is 2.63. The van der Waals surface area contributed by atoms with Gasteiger partial charge in [-0.25, -0.2) is 0 Å². The van der Waals surface area contributed by atoms with Crippen molar-refractivity contribution in [2.24, 2.45) is 7.05 Å². The third-order valence-electron chi connectivity index (χ3n) is 3.91. The van der Waals surface area contributed by atoms with Gasteiger partial charge in [0.15, 0.2) is 0 Å². The van der Waals surface area contributed by atoms with E-state index in [4.69, 9.17) is 9.84 Å². The predicted molar refractivity (Wildman–Crippen MR) is 79.8 cm³/mol. The minimum absolute atomic E-state index is 0.102. The van der Waals surface area contributed by atoms with Crippen molar-refractivity contribution < 1.29 is 19.4 Å². The summed E-state index contributed by atoms with van der Waals surface area (Å²) in [4.78, 5) is 25.4. The second kappa shape index (κ2) is 6.91. The lowest BCUT2D eigenvalue weighted by Crippen LogP contribution is -2.46. The Morgan fingerprint density at radius 1 is 1.45 bits per heavy atom. The van der Waals surface area contributed by atoms with Gasteiger partial charge in [-0.1, -0.05) is 13.8 Å². The summed E-state index contributed by atoms with van der Waals surface area (Å²) in [7, 11) is 1.71. The summed E-state index contributed by atoms with van der Waals surface area (Å²) in [6.07, 6.45) is 1.32. The highest BCUT2D eigenvalue weighted by Gasteiger charge is 2.30. The van der Waals surface area contributed by atoms with Gasteiger partial charge in [-0.2, -0.15) is 5.10 Å². The van der Waals surface area contributed by atoms with Gasteiger partial charge >= 0.3 is 5.97 Å². The molecule has 1 aromatic heterocycles. The number of carboxylic acids is 1. The fraction of sp³-hybridized carbons (Fsp3) is 0.667. The van der Waals surface area contributed by atoms with Gasteiger partial charge in [0.1, 0.15) is 12.2 Å². The maximum absolute atomic E-state index is 12.8. The number of carbonyl (C=O) groups is 2. The summed E-state index contributed by atoms with van der Waals surface area (Å²) in [6.45, 7) is 4.81. The highest BCUT2D eigenvalue weighted by atomic mass is 16.5. The third-order valence-corrected chi connectivity index (χ3v) is 3.91. The van der Waals surface area contributed by atoms with Crippen LogP contribution in [0.25, 0.3) is 0 Å². The number of nitrogens with zero attached hydrogens (tertiary/aromatic N) is 3. The Bertz CT molecular complexity index is 547. The fourth-order valence-electron chi connectivity index (χ4n) is 2.63. The van der Waals surface area contributed by atoms with E-state index < -0.39 is 5.97 Å². The van der Waals surface area contributed by atoms with Crippen LogP contribution in [0.2, 0.25) is 0 Å². The monoisotopic (exact) mass is 309 g/mol. The highest BCUT2D eigenvalue weighted by Crippen LogP contribution is 2.20. The van der Waals surface area contributed by atoms with Crippen molar-refractivity contribution in [1.29, 1.82) is 0 Å². The van der Waals surface area contributed by atoms with Crippen LogP contribution in [0.1, 0.15) is 48.8 Å². The molecule has 1 saturated heterocycles. The molecule has 1 aliphatic rings. The highest BCUT2D eigenvalue weighted by molar-refractivity contribution is 5.94. The zero-order valence-electron chi connectivity index (χ0n) is 13.3. The molecule has 1 aromatic rings. The van der Waals surface area contributed by atoms with Gasteiger partial charge in [0.2, 0.25) is 0 Å². The maximum Gasteiger partial charge on any atom is 0.323 e. The topological polar surface area (TPSA) is 84.7 Å². The summed E-state index contributed by atoms with van der Waals surface area (Å²) in [6, 6.07) is 1.65. The Morgan fingerprint density at radius 3 is 2.59 bits per heavy atom. The van der Waals surface area contributed by atoms with Crippen molar-refractivity contribution in [1.82, 2.24) is 14.7 Å². The average Bonchev–Trinajstić information content (AvgIpc) is 2.87. The first kappa shape index (κ1) is 16.5. The minimum atomic E-state index is -1.01. The van der Waals surface area contributed by atoms with Crippen molar-refractivity contribution in [2.45, 2.75) is 38.6 Å². The normalized spacial score (nSPS) is 16.0. The lowest BCUT2D eigenvalue weighted by atomic mass is 10.1. The molecule has 1 aliphatic heterocycles. The molecule has 7 nitrogen and oxygen atoms in total. The number of ether oxygens (including phenoxy) is 1. The second-order valence-electron chi connectivity index (χ2n) is 5.90. The van der Waals surface area contributed by atoms with Gasteiger partial charge in [-0.3, -0.25) is 14.3 Å². The molecule has 1 fully saturated rings. The molecule has 0 bridgehead atoms. The largest absolute Gasteiger partial charge is 0.480 e. The SMILES string of the molecule is CC(C)c1cc(C(=O)N(CC(=O)O)C2CCOCC2)n(C)n1. The number of aliphatic carboxylic acids is 1. The smallest absolute Gasteiger partial charge is 0.323 e. The van der Waals surface area contributed by atoms with Gasteiger partial charge in [0.25, 0.3) is 5.91 Å². The molecular weight excluding hydrogens is 286 g/mol. The number of carboxylic acid groups (broad SMARTS) is 1. The van der Waals surface area contributed by atoms with Crippen molar-refractivity contribution >= 4 is 11.9 Å². The molecule has 0 unspecified atom stereocenters. The molecule has 1 amide bonds. The van der Waals surface area contributed by atoms with Gasteiger partial charge < -0.3 is 14.7 Å². The Morgan fingerprint density at radius 2 is 2.09 bits per heavy atom. The van der Waals surface area contributed by atoms with E-state index in [0.717, 1.165) is 5.69 Å². The molecule has 2 rings (SSSR count). The zero-order chi connectivity index (χ0) is 16.3. The van der Waals surface area contributed by atoms with Crippen LogP contribution in [0.3, 0.4) is 0 Å². The van der Waals surface area contributed by atoms with Crippen LogP contribution in [0.4, 0.5) is 0 Å². The first-order valence-corrected chi connectivity index (χ1v) is 7.54. The molecule has 0 atom stereocenters. The van der Waals surface area contributed by atoms with Crippen LogP contribution in [-0.4, -0.2) is 57.5 Å². The molecule has 7 heteroatoms. The van der Waals surface area contributed by atoms with Gasteiger partial charge in [0.05, 0.1) is 5.69 Å². The van der Waals surface area contributed by atoms with E-state index in [0.29, 0.717) is 31.7 Å². The van der Waals surface area contributed by atoms with E-state index in [1.54, 1.807) is 13.1 Å². The zero-order valence-corrected chi connectivity index (χ0v) is 13.3. The van der Waals surface area contributed by atoms with E-state index in [1.165, 1.54) is 9.58 Å². The first-order chi connectivity index (χ1) is 10.4. The third kappa shape index (κ3) is 3.65. The van der Waals surface area contributed by atoms with Crippen molar-refractivity contribution in [3.63, 3.8) is 0 Å². The van der Waals surface area contributed by atoms with E-state index >= 15 is 0 Å².